The van der Waals surface area contributed by atoms with E-state index in [1.54, 1.807) is 11.8 Å². The van der Waals surface area contributed by atoms with E-state index in [1.807, 2.05) is 30.3 Å². The maximum Gasteiger partial charge on any atom is 0.260 e. The Morgan fingerprint density at radius 3 is 2.63 bits per heavy atom. The maximum atomic E-state index is 13.8. The van der Waals surface area contributed by atoms with Crippen LogP contribution in [-0.4, -0.2) is 72.3 Å². The molecular formula is C31H39N3O3S. The summed E-state index contributed by atoms with van der Waals surface area (Å²) in [6, 6.07) is 14.4. The normalized spacial score (nSPS) is 23.4. The summed E-state index contributed by atoms with van der Waals surface area (Å²) < 4.78 is 5.38. The second-order valence-corrected chi connectivity index (χ2v) is 12.0. The van der Waals surface area contributed by atoms with E-state index in [0.717, 1.165) is 56.2 Å². The zero-order valence-electron chi connectivity index (χ0n) is 22.6. The quantitative estimate of drug-likeness (QED) is 0.519. The molecule has 6 nitrogen and oxygen atoms in total. The highest BCUT2D eigenvalue weighted by atomic mass is 32.2. The van der Waals surface area contributed by atoms with E-state index in [2.05, 4.69) is 47.2 Å². The fourth-order valence-corrected chi connectivity index (χ4v) is 7.13. The van der Waals surface area contributed by atoms with Gasteiger partial charge in [-0.2, -0.15) is 0 Å². The molecule has 0 radical (unpaired) electrons. The molecule has 1 N–H and O–H groups in total. The van der Waals surface area contributed by atoms with Crippen molar-refractivity contribution < 1.29 is 14.3 Å². The summed E-state index contributed by atoms with van der Waals surface area (Å²) >= 11 is 1.75. The summed E-state index contributed by atoms with van der Waals surface area (Å²) in [6.45, 7) is 9.71. The fourth-order valence-electron chi connectivity index (χ4n) is 5.65. The molecule has 1 saturated carbocycles. The Bertz CT molecular complexity index is 1170. The van der Waals surface area contributed by atoms with Gasteiger partial charge in [-0.25, -0.2) is 0 Å². The molecular weight excluding hydrogens is 494 g/mol. The van der Waals surface area contributed by atoms with Gasteiger partial charge < -0.3 is 15.0 Å². The first-order valence-electron chi connectivity index (χ1n) is 13.9. The van der Waals surface area contributed by atoms with Crippen LogP contribution in [0, 0.1) is 13.8 Å². The van der Waals surface area contributed by atoms with Gasteiger partial charge in [0.1, 0.15) is 0 Å². The molecule has 2 aromatic carbocycles. The molecule has 2 amide bonds. The van der Waals surface area contributed by atoms with Crippen LogP contribution < -0.4 is 5.32 Å². The number of carbonyl (C=O) groups excluding carboxylic acids is 2. The Kier molecular flexibility index (Phi) is 8.87. The van der Waals surface area contributed by atoms with Crippen molar-refractivity contribution in [1.82, 2.24) is 15.1 Å². The zero-order chi connectivity index (χ0) is 26.5. The van der Waals surface area contributed by atoms with Gasteiger partial charge in [0.2, 0.25) is 0 Å². The van der Waals surface area contributed by atoms with Gasteiger partial charge in [0.25, 0.3) is 11.8 Å². The molecule has 7 heteroatoms. The number of ether oxygens (including phenoxy) is 1. The Morgan fingerprint density at radius 1 is 1.08 bits per heavy atom. The van der Waals surface area contributed by atoms with Gasteiger partial charge >= 0.3 is 0 Å². The number of amides is 2. The largest absolute Gasteiger partial charge is 0.379 e. The van der Waals surface area contributed by atoms with Crippen molar-refractivity contribution in [2.24, 2.45) is 0 Å². The summed E-state index contributed by atoms with van der Waals surface area (Å²) in [5.41, 5.74) is 5.29. The molecule has 2 aromatic rings. The van der Waals surface area contributed by atoms with Crippen molar-refractivity contribution in [3.63, 3.8) is 0 Å². The number of aryl methyl sites for hydroxylation is 2. The van der Waals surface area contributed by atoms with Crippen molar-refractivity contribution in [2.75, 3.05) is 39.4 Å². The van der Waals surface area contributed by atoms with Crippen molar-refractivity contribution in [1.29, 1.82) is 0 Å². The Labute approximate surface area is 230 Å². The number of carbonyl (C=O) groups is 2. The molecule has 1 aliphatic carbocycles. The third kappa shape index (κ3) is 6.50. The van der Waals surface area contributed by atoms with E-state index in [0.29, 0.717) is 29.9 Å². The van der Waals surface area contributed by atoms with E-state index in [-0.39, 0.29) is 11.8 Å². The molecule has 2 heterocycles. The van der Waals surface area contributed by atoms with Crippen LogP contribution in [0.15, 0.2) is 47.4 Å². The summed E-state index contributed by atoms with van der Waals surface area (Å²) in [5.74, 6) is 0.0642. The van der Waals surface area contributed by atoms with E-state index in [4.69, 9.17) is 4.74 Å². The maximum absolute atomic E-state index is 13.8. The van der Waals surface area contributed by atoms with Crippen LogP contribution in [0.1, 0.15) is 58.3 Å². The summed E-state index contributed by atoms with van der Waals surface area (Å²) in [6.07, 6.45) is 6.65. The minimum atomic E-state index is -0.0645. The number of hydrogen-bond donors (Lipinski definition) is 1. The number of fused-ring (bicyclic) bond motifs is 1. The van der Waals surface area contributed by atoms with Crippen LogP contribution in [0.3, 0.4) is 0 Å². The Hall–Kier alpha value is -2.61. The predicted molar refractivity (Wildman–Crippen MR) is 154 cm³/mol. The molecule has 2 atom stereocenters. The summed E-state index contributed by atoms with van der Waals surface area (Å²) in [4.78, 5) is 31.6. The first kappa shape index (κ1) is 27.0. The highest BCUT2D eigenvalue weighted by Gasteiger charge is 2.40. The number of morpholine rings is 1. The molecule has 0 bridgehead atoms. The molecule has 2 aliphatic heterocycles. The molecule has 3 aliphatic rings. The van der Waals surface area contributed by atoms with E-state index in [9.17, 15) is 9.59 Å². The Morgan fingerprint density at radius 2 is 1.84 bits per heavy atom. The van der Waals surface area contributed by atoms with Crippen molar-refractivity contribution in [2.45, 2.75) is 57.4 Å². The fraction of sp³-hybridized carbons (Fsp3) is 0.484. The van der Waals surface area contributed by atoms with Crippen LogP contribution in [0.5, 0.6) is 0 Å². The standard InChI is InChI=1S/C31H39N3O3S/c1-22-7-8-23(2)26(19-22)21-34-27-5-3-4-6-28(27)38-29(31(34)36)20-24-9-11-25(12-10-24)30(35)32-13-14-33-15-17-37-18-16-33/h7-12,19-20,27-28H,3-6,13-18,21H2,1-2H3,(H,32,35)/b29-20-. The van der Waals surface area contributed by atoms with Crippen LogP contribution in [0.4, 0.5) is 0 Å². The van der Waals surface area contributed by atoms with Gasteiger partial charge in [-0.3, -0.25) is 14.5 Å². The topological polar surface area (TPSA) is 61.9 Å². The monoisotopic (exact) mass is 533 g/mol. The predicted octanol–water partition coefficient (Wildman–Crippen LogP) is 4.79. The van der Waals surface area contributed by atoms with Gasteiger partial charge in [0.15, 0.2) is 0 Å². The lowest BCUT2D eigenvalue weighted by molar-refractivity contribution is -0.130. The lowest BCUT2D eigenvalue weighted by Gasteiger charge is -2.44. The third-order valence-electron chi connectivity index (χ3n) is 7.95. The lowest BCUT2D eigenvalue weighted by atomic mass is 9.92. The highest BCUT2D eigenvalue weighted by molar-refractivity contribution is 8.04. The number of rotatable bonds is 7. The van der Waals surface area contributed by atoms with E-state index >= 15 is 0 Å². The van der Waals surface area contributed by atoms with Crippen molar-refractivity contribution >= 4 is 29.7 Å². The molecule has 0 spiro atoms. The van der Waals surface area contributed by atoms with E-state index < -0.39 is 0 Å². The minimum absolute atomic E-state index is 0.0645. The van der Waals surface area contributed by atoms with Gasteiger partial charge in [0, 0.05) is 49.6 Å². The zero-order valence-corrected chi connectivity index (χ0v) is 23.4. The average Bonchev–Trinajstić information content (AvgIpc) is 2.94. The second-order valence-electron chi connectivity index (χ2n) is 10.7. The lowest BCUT2D eigenvalue weighted by Crippen LogP contribution is -2.50. The van der Waals surface area contributed by atoms with Gasteiger partial charge in [0.05, 0.1) is 18.1 Å². The van der Waals surface area contributed by atoms with Gasteiger partial charge in [-0.15, -0.1) is 11.8 Å². The smallest absolute Gasteiger partial charge is 0.260 e. The van der Waals surface area contributed by atoms with Crippen LogP contribution in [0.2, 0.25) is 0 Å². The molecule has 5 rings (SSSR count). The first-order valence-corrected chi connectivity index (χ1v) is 14.8. The highest BCUT2D eigenvalue weighted by Crippen LogP contribution is 2.43. The number of nitrogens with one attached hydrogen (secondary N) is 1. The van der Waals surface area contributed by atoms with Gasteiger partial charge in [-0.1, -0.05) is 48.7 Å². The van der Waals surface area contributed by atoms with Crippen molar-refractivity contribution in [3.05, 3.63) is 75.2 Å². The SMILES string of the molecule is Cc1ccc(C)c(CN2C(=O)/C(=C/c3ccc(C(=O)NCCN4CCOCC4)cc3)SC3CCCCC32)c1. The van der Waals surface area contributed by atoms with Crippen LogP contribution in [-0.2, 0) is 16.1 Å². The number of benzene rings is 2. The molecule has 38 heavy (non-hydrogen) atoms. The van der Waals surface area contributed by atoms with Crippen molar-refractivity contribution in [3.8, 4) is 0 Å². The number of nitrogens with zero attached hydrogens (tertiary/aromatic N) is 2. The summed E-state index contributed by atoms with van der Waals surface area (Å²) in [7, 11) is 0. The molecule has 2 unspecified atom stereocenters. The van der Waals surface area contributed by atoms with E-state index in [1.165, 1.54) is 29.5 Å². The molecule has 2 saturated heterocycles. The average molecular weight is 534 g/mol. The summed E-state index contributed by atoms with van der Waals surface area (Å²) in [5, 5.41) is 3.46. The minimum Gasteiger partial charge on any atom is -0.379 e. The van der Waals surface area contributed by atoms with Gasteiger partial charge in [-0.05, 0) is 61.6 Å². The molecule has 0 aromatic heterocycles. The molecule has 3 fully saturated rings. The Balaban J connectivity index is 1.26. The molecule has 202 valence electrons. The third-order valence-corrected chi connectivity index (χ3v) is 9.35. The second kappa shape index (κ2) is 12.5. The number of hydrogen-bond acceptors (Lipinski definition) is 5. The van der Waals surface area contributed by atoms with Crippen LogP contribution >= 0.6 is 11.8 Å². The van der Waals surface area contributed by atoms with Crippen LogP contribution in [0.25, 0.3) is 6.08 Å². The first-order chi connectivity index (χ1) is 18.5. The number of thioether (sulfide) groups is 1.